The largest absolute Gasteiger partial charge is 0.772 e. The second kappa shape index (κ2) is 4.16. The van der Waals surface area contributed by atoms with Gasteiger partial charge in [-0.1, -0.05) is 11.1 Å². The maximum Gasteiger partial charge on any atom is 0.492 e. The Hall–Kier alpha value is 0.207. The lowest BCUT2D eigenvalue weighted by Crippen LogP contribution is -2.34. The molecular formula is C3H9O5SSi-. The van der Waals surface area contributed by atoms with Gasteiger partial charge in [0.2, 0.25) is 0 Å². The first-order valence-corrected chi connectivity index (χ1v) is 5.94. The minimum Gasteiger partial charge on any atom is -0.772 e. The van der Waals surface area contributed by atoms with E-state index in [0.29, 0.717) is 0 Å². The predicted octanol–water partition coefficient (Wildman–Crippen LogP) is -1.83. The van der Waals surface area contributed by atoms with E-state index >= 15 is 0 Å². The lowest BCUT2D eigenvalue weighted by molar-refractivity contribution is 0.227. The van der Waals surface area contributed by atoms with E-state index in [4.69, 9.17) is 14.4 Å². The molecule has 1 unspecified atom stereocenters. The Bertz CT molecular complexity index is 121. The van der Waals surface area contributed by atoms with E-state index in [2.05, 4.69) is 0 Å². The first-order chi connectivity index (χ1) is 4.42. The Balaban J connectivity index is 3.29. The lowest BCUT2D eigenvalue weighted by atomic mass is 10.6. The van der Waals surface area contributed by atoms with Crippen LogP contribution in [-0.2, 0) is 11.1 Å². The summed E-state index contributed by atoms with van der Waals surface area (Å²) in [5.74, 6) is -0.142. The van der Waals surface area contributed by atoms with E-state index in [1.54, 1.807) is 0 Å². The third-order valence-corrected chi connectivity index (χ3v) is 2.47. The van der Waals surface area contributed by atoms with Crippen molar-refractivity contribution in [3.8, 4) is 0 Å². The molecule has 0 aliphatic rings. The second-order valence-electron chi connectivity index (χ2n) is 1.89. The fourth-order valence-electron chi connectivity index (χ4n) is 0.427. The zero-order valence-electron chi connectivity index (χ0n) is 5.19. The van der Waals surface area contributed by atoms with Gasteiger partial charge >= 0.3 is 8.80 Å². The van der Waals surface area contributed by atoms with Crippen molar-refractivity contribution in [1.29, 1.82) is 0 Å². The van der Waals surface area contributed by atoms with Crippen LogP contribution in [0.1, 0.15) is 6.42 Å². The van der Waals surface area contributed by atoms with Gasteiger partial charge in [-0.25, -0.2) is 0 Å². The molecule has 0 spiro atoms. The highest BCUT2D eigenvalue weighted by atomic mass is 32.2. The molecule has 0 saturated carbocycles. The fraction of sp³-hybridized carbons (Fsp3) is 1.00. The maximum atomic E-state index is 9.86. The molecule has 0 amide bonds. The molecule has 5 nitrogen and oxygen atoms in total. The van der Waals surface area contributed by atoms with Gasteiger partial charge in [0, 0.05) is 11.8 Å². The van der Waals surface area contributed by atoms with E-state index in [1.807, 2.05) is 0 Å². The number of hydrogen-bond donors (Lipinski definition) is 3. The summed E-state index contributed by atoms with van der Waals surface area (Å²) in [5, 5.41) is 0. The van der Waals surface area contributed by atoms with Gasteiger partial charge in [-0.05, 0) is 6.42 Å². The molecule has 62 valence electrons. The van der Waals surface area contributed by atoms with Crippen LogP contribution in [0.2, 0.25) is 6.04 Å². The number of rotatable bonds is 4. The molecule has 0 aliphatic carbocycles. The first kappa shape index (κ1) is 10.2. The normalized spacial score (nSPS) is 15.2. The third-order valence-electron chi connectivity index (χ3n) is 0.823. The SMILES string of the molecule is O=S([O-])CCC[Si](O)(O)O. The molecule has 0 heterocycles. The van der Waals surface area contributed by atoms with Crippen molar-refractivity contribution in [3.05, 3.63) is 0 Å². The molecular weight excluding hydrogens is 176 g/mol. The molecule has 0 bridgehead atoms. The van der Waals surface area contributed by atoms with Gasteiger partial charge in [0.15, 0.2) is 0 Å². The highest BCUT2D eigenvalue weighted by Gasteiger charge is 2.25. The van der Waals surface area contributed by atoms with Gasteiger partial charge in [-0.2, -0.15) is 0 Å². The molecule has 1 atom stereocenters. The summed E-state index contributed by atoms with van der Waals surface area (Å²) in [6.07, 6.45) is 0.0891. The van der Waals surface area contributed by atoms with Crippen molar-refractivity contribution in [2.45, 2.75) is 12.5 Å². The summed E-state index contributed by atoms with van der Waals surface area (Å²) in [6.45, 7) is 0. The van der Waals surface area contributed by atoms with Crippen molar-refractivity contribution in [1.82, 2.24) is 0 Å². The molecule has 0 fully saturated rings. The molecule has 0 saturated heterocycles. The monoisotopic (exact) mass is 185 g/mol. The molecule has 7 heteroatoms. The molecule has 10 heavy (non-hydrogen) atoms. The van der Waals surface area contributed by atoms with Crippen molar-refractivity contribution in [2.75, 3.05) is 5.75 Å². The van der Waals surface area contributed by atoms with E-state index in [-0.39, 0.29) is 18.2 Å². The highest BCUT2D eigenvalue weighted by Crippen LogP contribution is 2.00. The molecule has 3 N–H and O–H groups in total. The van der Waals surface area contributed by atoms with Crippen LogP contribution in [0.3, 0.4) is 0 Å². The summed E-state index contributed by atoms with van der Waals surface area (Å²) in [7, 11) is -4.00. The molecule has 0 aromatic rings. The third kappa shape index (κ3) is 8.21. The van der Waals surface area contributed by atoms with Crippen LogP contribution < -0.4 is 0 Å². The van der Waals surface area contributed by atoms with Gasteiger partial charge in [0.05, 0.1) is 0 Å². The summed E-state index contributed by atoms with van der Waals surface area (Å²) in [5.41, 5.74) is 0. The second-order valence-corrected chi connectivity index (χ2v) is 4.95. The van der Waals surface area contributed by atoms with E-state index in [1.165, 1.54) is 0 Å². The first-order valence-electron chi connectivity index (χ1n) is 2.65. The smallest absolute Gasteiger partial charge is 0.492 e. The van der Waals surface area contributed by atoms with E-state index < -0.39 is 19.9 Å². The average molecular weight is 185 g/mol. The van der Waals surface area contributed by atoms with Gasteiger partial charge in [-0.15, -0.1) is 0 Å². The van der Waals surface area contributed by atoms with E-state index in [0.717, 1.165) is 0 Å². The highest BCUT2D eigenvalue weighted by molar-refractivity contribution is 7.79. The molecule has 0 aliphatic heterocycles. The van der Waals surface area contributed by atoms with Gasteiger partial charge in [0.1, 0.15) is 0 Å². The summed E-state index contributed by atoms with van der Waals surface area (Å²) in [4.78, 5) is 25.1. The van der Waals surface area contributed by atoms with Crippen LogP contribution in [-0.4, -0.2) is 37.7 Å². The van der Waals surface area contributed by atoms with Gasteiger partial charge in [-0.3, -0.25) is 4.21 Å². The Morgan fingerprint density at radius 3 is 2.20 bits per heavy atom. The van der Waals surface area contributed by atoms with Crippen molar-refractivity contribution >= 4 is 19.9 Å². The van der Waals surface area contributed by atoms with Crippen LogP contribution in [0.15, 0.2) is 0 Å². The molecule has 0 rings (SSSR count). The zero-order chi connectivity index (χ0) is 8.20. The Kier molecular flexibility index (Phi) is 4.25. The van der Waals surface area contributed by atoms with Crippen molar-refractivity contribution < 1.29 is 23.1 Å². The van der Waals surface area contributed by atoms with Crippen LogP contribution in [0, 0.1) is 0 Å². The Morgan fingerprint density at radius 1 is 1.40 bits per heavy atom. The minimum absolute atomic E-state index is 0.0891. The van der Waals surface area contributed by atoms with Crippen LogP contribution in [0.5, 0.6) is 0 Å². The summed E-state index contributed by atoms with van der Waals surface area (Å²) < 4.78 is 19.7. The molecule has 0 aromatic heterocycles. The standard InChI is InChI=1S/C3H10O5SSi/c4-9(5)2-1-3-10(6,7)8/h6-8H,1-3H2,(H,4,5)/p-1. The minimum atomic E-state index is -4.00. The van der Waals surface area contributed by atoms with E-state index in [9.17, 15) is 8.76 Å². The summed E-state index contributed by atoms with van der Waals surface area (Å²) >= 11 is -2.16. The summed E-state index contributed by atoms with van der Waals surface area (Å²) in [6, 6.07) is -0.221. The van der Waals surface area contributed by atoms with Crippen molar-refractivity contribution in [3.63, 3.8) is 0 Å². The average Bonchev–Trinajstić information content (AvgIpc) is 1.59. The molecule has 0 radical (unpaired) electrons. The predicted molar refractivity (Wildman–Crippen MR) is 35.6 cm³/mol. The zero-order valence-corrected chi connectivity index (χ0v) is 7.00. The topological polar surface area (TPSA) is 101 Å². The number of hydrogen-bond acceptors (Lipinski definition) is 5. The van der Waals surface area contributed by atoms with Gasteiger partial charge < -0.3 is 18.9 Å². The van der Waals surface area contributed by atoms with Crippen molar-refractivity contribution in [2.24, 2.45) is 0 Å². The Labute approximate surface area is 62.0 Å². The quantitative estimate of drug-likeness (QED) is 0.353. The molecule has 0 aromatic carbocycles. The van der Waals surface area contributed by atoms with Gasteiger partial charge in [0.25, 0.3) is 0 Å². The fourth-order valence-corrected chi connectivity index (χ4v) is 1.71. The lowest BCUT2D eigenvalue weighted by Gasteiger charge is -2.09. The van der Waals surface area contributed by atoms with Crippen LogP contribution in [0.4, 0.5) is 0 Å². The maximum absolute atomic E-state index is 9.86. The Morgan fingerprint density at radius 2 is 1.90 bits per heavy atom. The van der Waals surface area contributed by atoms with Crippen LogP contribution >= 0.6 is 0 Å². The van der Waals surface area contributed by atoms with Crippen LogP contribution in [0.25, 0.3) is 0 Å².